The molecule has 6 heteroatoms. The van der Waals surface area contributed by atoms with Crippen LogP contribution in [0.5, 0.6) is 0 Å². The molecule has 2 rings (SSSR count). The Hall–Kier alpha value is -1.75. The maximum atomic E-state index is 11.8. The fraction of sp³-hybridized carbons (Fsp3) is 0.133. The third-order valence-corrected chi connectivity index (χ3v) is 3.64. The van der Waals surface area contributed by atoms with Gasteiger partial charge in [0.05, 0.1) is 16.7 Å². The van der Waals surface area contributed by atoms with Gasteiger partial charge in [0.15, 0.2) is 0 Å². The van der Waals surface area contributed by atoms with Crippen LogP contribution in [0.4, 0.5) is 10.5 Å². The number of halogens is 2. The van der Waals surface area contributed by atoms with Gasteiger partial charge >= 0.3 is 6.03 Å². The number of urea groups is 1. The number of benzene rings is 2. The monoisotopic (exact) mass is 324 g/mol. The summed E-state index contributed by atoms with van der Waals surface area (Å²) in [6.45, 7) is 0.260. The molecule has 2 amide bonds. The van der Waals surface area contributed by atoms with Gasteiger partial charge in [-0.1, -0.05) is 47.5 Å². The van der Waals surface area contributed by atoms with Gasteiger partial charge in [-0.3, -0.25) is 0 Å². The van der Waals surface area contributed by atoms with Gasteiger partial charge in [-0.25, -0.2) is 4.79 Å². The maximum Gasteiger partial charge on any atom is 0.319 e. The number of aliphatic hydroxyl groups is 1. The van der Waals surface area contributed by atoms with Crippen LogP contribution in [-0.2, 0) is 13.2 Å². The van der Waals surface area contributed by atoms with Gasteiger partial charge in [0, 0.05) is 12.2 Å². The lowest BCUT2D eigenvalue weighted by Crippen LogP contribution is -2.28. The van der Waals surface area contributed by atoms with Crippen LogP contribution < -0.4 is 10.6 Å². The molecule has 0 atom stereocenters. The molecular weight excluding hydrogens is 311 g/mol. The summed E-state index contributed by atoms with van der Waals surface area (Å²) in [5.74, 6) is 0. The highest BCUT2D eigenvalue weighted by molar-refractivity contribution is 6.42. The van der Waals surface area contributed by atoms with Gasteiger partial charge < -0.3 is 15.7 Å². The van der Waals surface area contributed by atoms with E-state index >= 15 is 0 Å². The highest BCUT2D eigenvalue weighted by atomic mass is 35.5. The molecule has 0 aliphatic heterocycles. The molecule has 0 saturated heterocycles. The van der Waals surface area contributed by atoms with E-state index in [9.17, 15) is 9.90 Å². The van der Waals surface area contributed by atoms with E-state index in [1.807, 2.05) is 24.3 Å². The van der Waals surface area contributed by atoms with E-state index in [1.165, 1.54) is 0 Å². The van der Waals surface area contributed by atoms with Crippen LogP contribution in [0, 0.1) is 0 Å². The van der Waals surface area contributed by atoms with Crippen molar-refractivity contribution in [3.05, 3.63) is 63.6 Å². The number of carbonyl (C=O) groups excluding carboxylic acids is 1. The van der Waals surface area contributed by atoms with Gasteiger partial charge in [0.2, 0.25) is 0 Å². The van der Waals surface area contributed by atoms with Crippen LogP contribution in [0.2, 0.25) is 10.0 Å². The van der Waals surface area contributed by atoms with Crippen molar-refractivity contribution in [1.82, 2.24) is 5.32 Å². The molecule has 0 spiro atoms. The molecule has 0 bridgehead atoms. The molecule has 0 aromatic heterocycles. The van der Waals surface area contributed by atoms with Crippen LogP contribution >= 0.6 is 23.2 Å². The Labute approximate surface area is 132 Å². The van der Waals surface area contributed by atoms with E-state index in [-0.39, 0.29) is 12.6 Å². The summed E-state index contributed by atoms with van der Waals surface area (Å²) < 4.78 is 0. The number of hydrogen-bond donors (Lipinski definition) is 3. The molecule has 0 heterocycles. The van der Waals surface area contributed by atoms with Crippen molar-refractivity contribution in [3.63, 3.8) is 0 Å². The highest BCUT2D eigenvalue weighted by Gasteiger charge is 2.06. The number of carbonyl (C=O) groups is 1. The van der Waals surface area contributed by atoms with E-state index in [0.29, 0.717) is 22.3 Å². The van der Waals surface area contributed by atoms with Crippen molar-refractivity contribution in [2.75, 3.05) is 5.32 Å². The third-order valence-electron chi connectivity index (χ3n) is 2.91. The average Bonchev–Trinajstić information content (AvgIpc) is 2.49. The highest BCUT2D eigenvalue weighted by Crippen LogP contribution is 2.24. The van der Waals surface area contributed by atoms with E-state index in [1.54, 1.807) is 18.2 Å². The predicted octanol–water partition coefficient (Wildman–Crippen LogP) is 3.81. The van der Waals surface area contributed by atoms with Gasteiger partial charge in [-0.15, -0.1) is 0 Å². The molecule has 3 N–H and O–H groups in total. The second-order valence-electron chi connectivity index (χ2n) is 4.36. The van der Waals surface area contributed by atoms with Crippen molar-refractivity contribution in [2.24, 2.45) is 0 Å². The molecule has 0 aliphatic carbocycles. The second-order valence-corrected chi connectivity index (χ2v) is 5.18. The molecule has 0 unspecified atom stereocenters. The minimum Gasteiger partial charge on any atom is -0.392 e. The van der Waals surface area contributed by atoms with Crippen LogP contribution in [0.3, 0.4) is 0 Å². The largest absolute Gasteiger partial charge is 0.392 e. The number of amides is 2. The molecule has 0 radical (unpaired) electrons. The van der Waals surface area contributed by atoms with E-state index in [4.69, 9.17) is 23.2 Å². The molecule has 0 fully saturated rings. The van der Waals surface area contributed by atoms with Crippen LogP contribution in [0.1, 0.15) is 11.1 Å². The molecule has 0 saturated carbocycles. The van der Waals surface area contributed by atoms with E-state index in [2.05, 4.69) is 10.6 Å². The zero-order chi connectivity index (χ0) is 15.2. The Bertz CT molecular complexity index is 647. The number of hydrogen-bond acceptors (Lipinski definition) is 2. The topological polar surface area (TPSA) is 61.4 Å². The van der Waals surface area contributed by atoms with Crippen molar-refractivity contribution in [1.29, 1.82) is 0 Å². The van der Waals surface area contributed by atoms with Crippen molar-refractivity contribution in [3.8, 4) is 0 Å². The minimum absolute atomic E-state index is 0.0632. The Kier molecular flexibility index (Phi) is 5.44. The molecular formula is C15H14Cl2N2O2. The molecule has 4 nitrogen and oxygen atoms in total. The number of anilines is 1. The quantitative estimate of drug-likeness (QED) is 0.800. The van der Waals surface area contributed by atoms with Crippen LogP contribution in [0.25, 0.3) is 0 Å². The number of nitrogens with one attached hydrogen (secondary N) is 2. The van der Waals surface area contributed by atoms with E-state index in [0.717, 1.165) is 11.1 Å². The predicted molar refractivity (Wildman–Crippen MR) is 84.7 cm³/mol. The Morgan fingerprint density at radius 3 is 2.43 bits per heavy atom. The first kappa shape index (κ1) is 15.6. The van der Waals surface area contributed by atoms with Gasteiger partial charge in [-0.05, 0) is 29.3 Å². The second kappa shape index (κ2) is 7.31. The summed E-state index contributed by atoms with van der Waals surface area (Å²) in [7, 11) is 0. The lowest BCUT2D eigenvalue weighted by molar-refractivity contribution is 0.251. The van der Waals surface area contributed by atoms with Crippen molar-refractivity contribution >= 4 is 34.9 Å². The first-order valence-electron chi connectivity index (χ1n) is 6.27. The van der Waals surface area contributed by atoms with Crippen LogP contribution in [-0.4, -0.2) is 11.1 Å². The summed E-state index contributed by atoms with van der Waals surface area (Å²) in [5.41, 5.74) is 2.20. The first-order chi connectivity index (χ1) is 10.1. The van der Waals surface area contributed by atoms with Crippen LogP contribution in [0.15, 0.2) is 42.5 Å². The van der Waals surface area contributed by atoms with Crippen molar-refractivity contribution in [2.45, 2.75) is 13.2 Å². The fourth-order valence-corrected chi connectivity index (χ4v) is 2.11. The van der Waals surface area contributed by atoms with E-state index < -0.39 is 0 Å². The molecule has 110 valence electrons. The Morgan fingerprint density at radius 2 is 1.76 bits per heavy atom. The van der Waals surface area contributed by atoms with Gasteiger partial charge in [-0.2, -0.15) is 0 Å². The molecule has 0 aliphatic rings. The Morgan fingerprint density at radius 1 is 1.05 bits per heavy atom. The zero-order valence-electron chi connectivity index (χ0n) is 11.1. The molecule has 21 heavy (non-hydrogen) atoms. The third kappa shape index (κ3) is 4.36. The normalized spacial score (nSPS) is 10.2. The number of rotatable bonds is 4. The Balaban J connectivity index is 1.94. The summed E-state index contributed by atoms with van der Waals surface area (Å²) in [6.07, 6.45) is 0. The minimum atomic E-state index is -0.360. The summed E-state index contributed by atoms with van der Waals surface area (Å²) >= 11 is 11.7. The summed E-state index contributed by atoms with van der Waals surface area (Å²) in [5, 5.41) is 15.4. The average molecular weight is 325 g/mol. The smallest absolute Gasteiger partial charge is 0.319 e. The number of aliphatic hydroxyl groups excluding tert-OH is 1. The first-order valence-corrected chi connectivity index (χ1v) is 7.03. The lowest BCUT2D eigenvalue weighted by Gasteiger charge is -2.10. The SMILES string of the molecule is O=C(NCc1ccccc1CO)Nc1ccc(Cl)c(Cl)c1. The summed E-state index contributed by atoms with van der Waals surface area (Å²) in [6, 6.07) is 11.8. The zero-order valence-corrected chi connectivity index (χ0v) is 12.6. The van der Waals surface area contributed by atoms with Gasteiger partial charge in [0.25, 0.3) is 0 Å². The standard InChI is InChI=1S/C15H14Cl2N2O2/c16-13-6-5-12(7-14(13)17)19-15(21)18-8-10-3-1-2-4-11(10)9-20/h1-7,20H,8-9H2,(H2,18,19,21). The summed E-state index contributed by atoms with van der Waals surface area (Å²) in [4.78, 5) is 11.8. The van der Waals surface area contributed by atoms with Crippen molar-refractivity contribution < 1.29 is 9.90 Å². The lowest BCUT2D eigenvalue weighted by atomic mass is 10.1. The molecule has 2 aromatic carbocycles. The molecule has 2 aromatic rings. The maximum absolute atomic E-state index is 11.8. The van der Waals surface area contributed by atoms with Gasteiger partial charge in [0.1, 0.15) is 0 Å². The fourth-order valence-electron chi connectivity index (χ4n) is 1.81.